The maximum absolute atomic E-state index is 12.2. The van der Waals surface area contributed by atoms with Crippen molar-refractivity contribution in [2.75, 3.05) is 0 Å². The number of fused-ring (bicyclic) bond motifs is 1. The number of para-hydroxylation sites is 1. The Kier molecular flexibility index (Phi) is 4.63. The highest BCUT2D eigenvalue weighted by Gasteiger charge is 2.24. The lowest BCUT2D eigenvalue weighted by atomic mass is 10.2. The van der Waals surface area contributed by atoms with Crippen LogP contribution in [0, 0.1) is 0 Å². The zero-order valence-corrected chi connectivity index (χ0v) is 15.4. The Labute approximate surface area is 163 Å². The van der Waals surface area contributed by atoms with Crippen LogP contribution in [0.2, 0.25) is 10.0 Å². The van der Waals surface area contributed by atoms with Gasteiger partial charge in [-0.25, -0.2) is 4.99 Å². The first-order chi connectivity index (χ1) is 12.6. The summed E-state index contributed by atoms with van der Waals surface area (Å²) >= 11 is 13.5. The molecule has 128 valence electrons. The number of hydrogen-bond donors (Lipinski definition) is 1. The largest absolute Gasteiger partial charge is 0.300 e. The Morgan fingerprint density at radius 3 is 2.54 bits per heavy atom. The van der Waals surface area contributed by atoms with E-state index in [0.29, 0.717) is 25.8 Å². The molecule has 0 atom stereocenters. The maximum Gasteiger partial charge on any atom is 0.264 e. The second-order valence-electron chi connectivity index (χ2n) is 5.36. The third-order valence-electron chi connectivity index (χ3n) is 3.59. The second-order valence-corrected chi connectivity index (χ2v) is 7.20. The first-order valence-corrected chi connectivity index (χ1v) is 9.12. The van der Waals surface area contributed by atoms with Crippen molar-refractivity contribution in [3.8, 4) is 0 Å². The van der Waals surface area contributed by atoms with E-state index >= 15 is 0 Å². The molecule has 0 radical (unpaired) electrons. The molecule has 0 unspecified atom stereocenters. The maximum atomic E-state index is 12.2. The molecule has 0 saturated carbocycles. The van der Waals surface area contributed by atoms with Crippen molar-refractivity contribution < 1.29 is 4.79 Å². The summed E-state index contributed by atoms with van der Waals surface area (Å²) < 4.78 is 0. The van der Waals surface area contributed by atoms with E-state index in [0.717, 1.165) is 16.6 Å². The molecule has 2 aromatic carbocycles. The zero-order valence-electron chi connectivity index (χ0n) is 13.1. The quantitative estimate of drug-likeness (QED) is 0.625. The number of amides is 1. The van der Waals surface area contributed by atoms with Gasteiger partial charge in [0.25, 0.3) is 5.91 Å². The molecular formula is C18H10Cl2N4OS. The molecule has 1 amide bonds. The van der Waals surface area contributed by atoms with E-state index in [1.165, 1.54) is 11.8 Å². The third-order valence-corrected chi connectivity index (χ3v) is 5.11. The molecule has 1 saturated heterocycles. The first-order valence-electron chi connectivity index (χ1n) is 7.54. The fourth-order valence-corrected chi connectivity index (χ4v) is 3.71. The molecule has 26 heavy (non-hydrogen) atoms. The lowest BCUT2D eigenvalue weighted by Gasteiger charge is -2.01. The van der Waals surface area contributed by atoms with Gasteiger partial charge in [0.05, 0.1) is 26.0 Å². The van der Waals surface area contributed by atoms with Crippen LogP contribution in [0.15, 0.2) is 58.7 Å². The summed E-state index contributed by atoms with van der Waals surface area (Å²) in [5.74, 6) is -0.226. The van der Waals surface area contributed by atoms with Crippen LogP contribution in [0.5, 0.6) is 0 Å². The fourth-order valence-electron chi connectivity index (χ4n) is 2.40. The monoisotopic (exact) mass is 400 g/mol. The molecule has 0 bridgehead atoms. The van der Waals surface area contributed by atoms with E-state index in [1.807, 2.05) is 18.2 Å². The first kappa shape index (κ1) is 17.0. The Hall–Kier alpha value is -2.41. The number of amidine groups is 1. The number of nitrogens with one attached hydrogen (secondary N) is 1. The van der Waals surface area contributed by atoms with Gasteiger partial charge in [-0.1, -0.05) is 35.3 Å². The molecular weight excluding hydrogens is 391 g/mol. The highest BCUT2D eigenvalue weighted by Crippen LogP contribution is 2.35. The van der Waals surface area contributed by atoms with Crippen molar-refractivity contribution >= 4 is 68.8 Å². The lowest BCUT2D eigenvalue weighted by Crippen LogP contribution is -2.19. The molecule has 8 heteroatoms. The van der Waals surface area contributed by atoms with Crippen molar-refractivity contribution in [3.05, 3.63) is 69.3 Å². The van der Waals surface area contributed by atoms with Gasteiger partial charge in [-0.05, 0) is 47.7 Å². The average molecular weight is 401 g/mol. The van der Waals surface area contributed by atoms with E-state index in [1.54, 1.807) is 36.7 Å². The minimum Gasteiger partial charge on any atom is -0.300 e. The second kappa shape index (κ2) is 7.07. The molecule has 1 N–H and O–H groups in total. The van der Waals surface area contributed by atoms with Gasteiger partial charge in [0.15, 0.2) is 5.17 Å². The van der Waals surface area contributed by atoms with Gasteiger partial charge in [-0.3, -0.25) is 14.8 Å². The Bertz CT molecular complexity index is 1080. The number of aromatic nitrogens is 2. The number of carbonyl (C=O) groups is 1. The topological polar surface area (TPSA) is 67.2 Å². The molecule has 1 aromatic heterocycles. The number of halogens is 2. The van der Waals surface area contributed by atoms with Gasteiger partial charge >= 0.3 is 0 Å². The van der Waals surface area contributed by atoms with Crippen molar-refractivity contribution in [2.24, 2.45) is 4.99 Å². The number of nitrogens with zero attached hydrogens (tertiary/aromatic N) is 3. The minimum absolute atomic E-state index is 0.226. The summed E-state index contributed by atoms with van der Waals surface area (Å²) in [5.41, 5.74) is 2.85. The predicted molar refractivity (Wildman–Crippen MR) is 107 cm³/mol. The Morgan fingerprint density at radius 2 is 1.77 bits per heavy atom. The number of aliphatic imine (C=N–C) groups is 1. The van der Waals surface area contributed by atoms with Crippen LogP contribution in [0.3, 0.4) is 0 Å². The van der Waals surface area contributed by atoms with Gasteiger partial charge in [0, 0.05) is 12.4 Å². The highest BCUT2D eigenvalue weighted by molar-refractivity contribution is 8.18. The smallest absolute Gasteiger partial charge is 0.264 e. The molecule has 2 heterocycles. The summed E-state index contributed by atoms with van der Waals surface area (Å²) in [6.07, 6.45) is 5.06. The van der Waals surface area contributed by atoms with Crippen LogP contribution >= 0.6 is 35.0 Å². The number of benzene rings is 2. The highest BCUT2D eigenvalue weighted by atomic mass is 35.5. The molecule has 5 nitrogen and oxygen atoms in total. The number of thioether (sulfide) groups is 1. The number of carbonyl (C=O) groups excluding carboxylic acids is 1. The standard InChI is InChI=1S/C18H10Cl2N4OS/c19-11-2-1-3-12(20)16(11)23-18-24-17(25)15(26-18)9-10-4-5-13-14(8-10)22-7-6-21-13/h1-9H,(H,23,24,25)/b15-9-. The summed E-state index contributed by atoms with van der Waals surface area (Å²) in [6, 6.07) is 10.8. The third kappa shape index (κ3) is 3.44. The minimum atomic E-state index is -0.226. The molecule has 1 aliphatic heterocycles. The van der Waals surface area contributed by atoms with E-state index < -0.39 is 0 Å². The van der Waals surface area contributed by atoms with Crippen LogP contribution in [-0.4, -0.2) is 21.0 Å². The fraction of sp³-hybridized carbons (Fsp3) is 0. The van der Waals surface area contributed by atoms with Crippen LogP contribution < -0.4 is 5.32 Å². The van der Waals surface area contributed by atoms with E-state index in [4.69, 9.17) is 23.2 Å². The molecule has 1 aliphatic rings. The summed E-state index contributed by atoms with van der Waals surface area (Å²) in [6.45, 7) is 0. The van der Waals surface area contributed by atoms with Crippen molar-refractivity contribution in [3.63, 3.8) is 0 Å². The van der Waals surface area contributed by atoms with Crippen LogP contribution in [0.1, 0.15) is 5.56 Å². The van der Waals surface area contributed by atoms with Crippen LogP contribution in [-0.2, 0) is 4.79 Å². The van der Waals surface area contributed by atoms with Gasteiger partial charge in [0.2, 0.25) is 0 Å². The summed E-state index contributed by atoms with van der Waals surface area (Å²) in [4.78, 5) is 25.6. The van der Waals surface area contributed by atoms with Crippen molar-refractivity contribution in [2.45, 2.75) is 0 Å². The van der Waals surface area contributed by atoms with E-state index in [2.05, 4.69) is 20.3 Å². The van der Waals surface area contributed by atoms with Crippen LogP contribution in [0.25, 0.3) is 17.1 Å². The van der Waals surface area contributed by atoms with E-state index in [-0.39, 0.29) is 5.91 Å². The normalized spacial score (nSPS) is 17.2. The number of hydrogen-bond acceptors (Lipinski definition) is 5. The molecule has 0 spiro atoms. The van der Waals surface area contributed by atoms with Crippen molar-refractivity contribution in [1.29, 1.82) is 0 Å². The summed E-state index contributed by atoms with van der Waals surface area (Å²) in [7, 11) is 0. The van der Waals surface area contributed by atoms with E-state index in [9.17, 15) is 4.79 Å². The van der Waals surface area contributed by atoms with Crippen LogP contribution in [0.4, 0.5) is 5.69 Å². The zero-order chi connectivity index (χ0) is 18.1. The van der Waals surface area contributed by atoms with Gasteiger partial charge in [-0.2, -0.15) is 0 Å². The Balaban J connectivity index is 1.65. The number of rotatable bonds is 2. The van der Waals surface area contributed by atoms with Gasteiger partial charge < -0.3 is 5.32 Å². The average Bonchev–Trinajstić information content (AvgIpc) is 2.97. The molecule has 4 rings (SSSR count). The Morgan fingerprint density at radius 1 is 1.04 bits per heavy atom. The SMILES string of the molecule is O=C1N/C(=N/c2c(Cl)cccc2Cl)S/C1=C\c1ccc2nccnc2c1. The molecule has 0 aliphatic carbocycles. The molecule has 1 fully saturated rings. The lowest BCUT2D eigenvalue weighted by molar-refractivity contribution is -0.115. The predicted octanol–water partition coefficient (Wildman–Crippen LogP) is 4.83. The molecule has 3 aromatic rings. The van der Waals surface area contributed by atoms with Gasteiger partial charge in [-0.15, -0.1) is 0 Å². The van der Waals surface area contributed by atoms with Gasteiger partial charge in [0.1, 0.15) is 5.69 Å². The van der Waals surface area contributed by atoms with Crippen molar-refractivity contribution in [1.82, 2.24) is 15.3 Å². The summed E-state index contributed by atoms with van der Waals surface area (Å²) in [5, 5.41) is 4.00.